The fraction of sp³-hybridized carbons (Fsp3) is 0.550. The molecule has 10 heteroatoms. The van der Waals surface area contributed by atoms with Crippen LogP contribution >= 0.6 is 0 Å². The molecular formula is C20H28N2O6S2. The molecule has 8 nitrogen and oxygen atoms in total. The van der Waals surface area contributed by atoms with Gasteiger partial charge in [-0.3, -0.25) is 4.79 Å². The van der Waals surface area contributed by atoms with Crippen LogP contribution < -0.4 is 0 Å². The van der Waals surface area contributed by atoms with E-state index in [-0.39, 0.29) is 41.6 Å². The van der Waals surface area contributed by atoms with Crippen LogP contribution in [-0.2, 0) is 31.0 Å². The summed E-state index contributed by atoms with van der Waals surface area (Å²) >= 11 is 0. The molecular weight excluding hydrogens is 428 g/mol. The van der Waals surface area contributed by atoms with Crippen molar-refractivity contribution in [3.05, 3.63) is 42.0 Å². The van der Waals surface area contributed by atoms with E-state index in [2.05, 4.69) is 6.58 Å². The fourth-order valence-electron chi connectivity index (χ4n) is 3.87. The minimum atomic E-state index is -3.77. The molecule has 0 spiro atoms. The summed E-state index contributed by atoms with van der Waals surface area (Å²) in [6.45, 7) is 6.94. The SMILES string of the molecule is C=CCN(C(=O)c1ccc(CC)c(S(=O)(=O)N2CCOCC2)c1)C1CCS(=O)(=O)C1. The van der Waals surface area contributed by atoms with Crippen molar-refractivity contribution in [1.29, 1.82) is 0 Å². The molecule has 2 aliphatic rings. The molecule has 2 aliphatic heterocycles. The number of sulfonamides is 1. The van der Waals surface area contributed by atoms with E-state index in [1.165, 1.54) is 15.3 Å². The number of hydrogen-bond donors (Lipinski definition) is 0. The topological polar surface area (TPSA) is 101 Å². The van der Waals surface area contributed by atoms with Gasteiger partial charge in [-0.2, -0.15) is 4.31 Å². The normalized spacial score (nSPS) is 22.0. The molecule has 0 bridgehead atoms. The standard InChI is InChI=1S/C20H28N2O6S2/c1-3-8-22(18-7-13-29(24,25)15-18)20(23)17-6-5-16(4-2)19(14-17)30(26,27)21-9-11-28-12-10-21/h3,5-6,14,18H,1,4,7-13,15H2,2H3. The number of nitrogens with zero attached hydrogens (tertiary/aromatic N) is 2. The molecule has 0 saturated carbocycles. The maximum Gasteiger partial charge on any atom is 0.254 e. The summed E-state index contributed by atoms with van der Waals surface area (Å²) in [7, 11) is -6.94. The number of benzene rings is 1. The Morgan fingerprint density at radius 2 is 2.03 bits per heavy atom. The number of carbonyl (C=O) groups is 1. The molecule has 1 aromatic carbocycles. The molecule has 2 heterocycles. The van der Waals surface area contributed by atoms with Crippen LogP contribution in [0.3, 0.4) is 0 Å². The monoisotopic (exact) mass is 456 g/mol. The molecule has 1 unspecified atom stereocenters. The highest BCUT2D eigenvalue weighted by molar-refractivity contribution is 7.91. The Hall–Kier alpha value is -1.75. The summed E-state index contributed by atoms with van der Waals surface area (Å²) in [6, 6.07) is 4.26. The molecule has 2 fully saturated rings. The van der Waals surface area contributed by atoms with E-state index >= 15 is 0 Å². The molecule has 166 valence electrons. The number of amides is 1. The maximum atomic E-state index is 13.2. The number of sulfone groups is 1. The highest BCUT2D eigenvalue weighted by Crippen LogP contribution is 2.26. The number of rotatable bonds is 7. The zero-order valence-electron chi connectivity index (χ0n) is 17.1. The van der Waals surface area contributed by atoms with Gasteiger partial charge in [-0.1, -0.05) is 19.1 Å². The van der Waals surface area contributed by atoms with Crippen LogP contribution in [0.5, 0.6) is 0 Å². The second-order valence-corrected chi connectivity index (χ2v) is 11.6. The van der Waals surface area contributed by atoms with E-state index in [1.54, 1.807) is 18.2 Å². The summed E-state index contributed by atoms with van der Waals surface area (Å²) in [5.74, 6) is -0.430. The van der Waals surface area contributed by atoms with Gasteiger partial charge in [0.05, 0.1) is 29.6 Å². The molecule has 0 radical (unpaired) electrons. The average Bonchev–Trinajstić information content (AvgIpc) is 3.11. The van der Waals surface area contributed by atoms with Crippen molar-refractivity contribution in [2.24, 2.45) is 0 Å². The van der Waals surface area contributed by atoms with E-state index in [9.17, 15) is 21.6 Å². The van der Waals surface area contributed by atoms with Gasteiger partial charge in [0.2, 0.25) is 10.0 Å². The fourth-order valence-corrected chi connectivity index (χ4v) is 7.33. The maximum absolute atomic E-state index is 13.2. The minimum Gasteiger partial charge on any atom is -0.379 e. The first-order valence-electron chi connectivity index (χ1n) is 10.0. The van der Waals surface area contributed by atoms with Gasteiger partial charge < -0.3 is 9.64 Å². The molecule has 0 aromatic heterocycles. The Balaban J connectivity index is 1.96. The minimum absolute atomic E-state index is 0.0457. The molecule has 0 aliphatic carbocycles. The van der Waals surface area contributed by atoms with Crippen LogP contribution in [0.4, 0.5) is 0 Å². The van der Waals surface area contributed by atoms with Gasteiger partial charge in [0.1, 0.15) is 0 Å². The third kappa shape index (κ3) is 4.77. The van der Waals surface area contributed by atoms with Crippen LogP contribution in [0.2, 0.25) is 0 Å². The third-order valence-electron chi connectivity index (χ3n) is 5.52. The summed E-state index contributed by atoms with van der Waals surface area (Å²) in [5, 5.41) is 0. The van der Waals surface area contributed by atoms with E-state index in [0.29, 0.717) is 31.6 Å². The summed E-state index contributed by atoms with van der Waals surface area (Å²) in [6.07, 6.45) is 2.42. The number of carbonyl (C=O) groups excluding carboxylic acids is 1. The van der Waals surface area contributed by atoms with Gasteiger partial charge in [0.15, 0.2) is 9.84 Å². The lowest BCUT2D eigenvalue weighted by atomic mass is 10.1. The van der Waals surface area contributed by atoms with Gasteiger partial charge in [-0.25, -0.2) is 16.8 Å². The second kappa shape index (κ2) is 9.17. The smallest absolute Gasteiger partial charge is 0.254 e. The molecule has 2 saturated heterocycles. The Morgan fingerprint density at radius 3 is 2.60 bits per heavy atom. The zero-order chi connectivity index (χ0) is 21.9. The molecule has 30 heavy (non-hydrogen) atoms. The third-order valence-corrected chi connectivity index (χ3v) is 9.25. The van der Waals surface area contributed by atoms with Gasteiger partial charge in [-0.15, -0.1) is 6.58 Å². The summed E-state index contributed by atoms with van der Waals surface area (Å²) in [5.41, 5.74) is 0.863. The van der Waals surface area contributed by atoms with E-state index < -0.39 is 31.8 Å². The predicted molar refractivity (Wildman–Crippen MR) is 114 cm³/mol. The van der Waals surface area contributed by atoms with Crippen molar-refractivity contribution in [2.45, 2.75) is 30.7 Å². The van der Waals surface area contributed by atoms with Crippen molar-refractivity contribution in [2.75, 3.05) is 44.4 Å². The summed E-state index contributed by atoms with van der Waals surface area (Å²) in [4.78, 5) is 14.8. The van der Waals surface area contributed by atoms with Crippen LogP contribution in [0, 0.1) is 0 Å². The number of aryl methyl sites for hydroxylation is 1. The lowest BCUT2D eigenvalue weighted by Gasteiger charge is -2.29. The van der Waals surface area contributed by atoms with Crippen molar-refractivity contribution >= 4 is 25.8 Å². The van der Waals surface area contributed by atoms with Gasteiger partial charge >= 0.3 is 0 Å². The lowest BCUT2D eigenvalue weighted by Crippen LogP contribution is -2.42. The Kier molecular flexibility index (Phi) is 7.01. The molecule has 0 N–H and O–H groups in total. The highest BCUT2D eigenvalue weighted by atomic mass is 32.2. The highest BCUT2D eigenvalue weighted by Gasteiger charge is 2.35. The molecule has 1 aromatic rings. The number of morpholine rings is 1. The first-order valence-corrected chi connectivity index (χ1v) is 13.3. The van der Waals surface area contributed by atoms with Crippen LogP contribution in [-0.4, -0.2) is 82.3 Å². The van der Waals surface area contributed by atoms with Crippen molar-refractivity contribution in [1.82, 2.24) is 9.21 Å². The molecule has 3 rings (SSSR count). The van der Waals surface area contributed by atoms with Gasteiger partial charge in [0, 0.05) is 31.2 Å². The van der Waals surface area contributed by atoms with E-state index in [4.69, 9.17) is 4.74 Å². The van der Waals surface area contributed by atoms with Gasteiger partial charge in [0.25, 0.3) is 5.91 Å². The number of ether oxygens (including phenoxy) is 1. The summed E-state index contributed by atoms with van der Waals surface area (Å²) < 4.78 is 56.9. The van der Waals surface area contributed by atoms with E-state index in [0.717, 1.165) is 0 Å². The average molecular weight is 457 g/mol. The van der Waals surface area contributed by atoms with Crippen molar-refractivity contribution in [3.63, 3.8) is 0 Å². The van der Waals surface area contributed by atoms with Gasteiger partial charge in [-0.05, 0) is 30.5 Å². The first kappa shape index (κ1) is 22.9. The first-order chi connectivity index (χ1) is 14.2. The Morgan fingerprint density at radius 1 is 1.33 bits per heavy atom. The van der Waals surface area contributed by atoms with Crippen LogP contribution in [0.25, 0.3) is 0 Å². The van der Waals surface area contributed by atoms with Crippen molar-refractivity contribution in [3.8, 4) is 0 Å². The number of hydrogen-bond acceptors (Lipinski definition) is 6. The Labute approximate surface area is 178 Å². The zero-order valence-corrected chi connectivity index (χ0v) is 18.8. The van der Waals surface area contributed by atoms with E-state index in [1.807, 2.05) is 6.92 Å². The largest absolute Gasteiger partial charge is 0.379 e. The predicted octanol–water partition coefficient (Wildman–Crippen LogP) is 1.09. The quantitative estimate of drug-likeness (QED) is 0.569. The Bertz CT molecular complexity index is 1010. The van der Waals surface area contributed by atoms with Crippen molar-refractivity contribution < 1.29 is 26.4 Å². The second-order valence-electron chi connectivity index (χ2n) is 7.50. The van der Waals surface area contributed by atoms with Crippen LogP contribution in [0.1, 0.15) is 29.3 Å². The van der Waals surface area contributed by atoms with Crippen LogP contribution in [0.15, 0.2) is 35.7 Å². The molecule has 1 atom stereocenters. The molecule has 1 amide bonds. The lowest BCUT2D eigenvalue weighted by molar-refractivity contribution is 0.0718.